The van der Waals surface area contributed by atoms with E-state index in [4.69, 9.17) is 5.73 Å². The summed E-state index contributed by atoms with van der Waals surface area (Å²) in [5.41, 5.74) is 6.08. The topological polar surface area (TPSA) is 130 Å². The number of carboxylic acid groups (broad SMARTS) is 2. The first-order chi connectivity index (χ1) is 11.2. The average Bonchev–Trinajstić information content (AvgIpc) is 3.16. The van der Waals surface area contributed by atoms with Crippen LogP contribution in [0, 0.1) is 30.6 Å². The number of amides is 1. The number of rotatable bonds is 5. The highest BCUT2D eigenvalue weighted by atomic mass is 16.4. The number of nitrogens with two attached hydrogens (primary N) is 1. The van der Waals surface area contributed by atoms with Crippen molar-refractivity contribution in [3.63, 3.8) is 0 Å². The second-order valence-electron chi connectivity index (χ2n) is 6.90. The van der Waals surface area contributed by atoms with Crippen molar-refractivity contribution >= 4 is 23.5 Å². The van der Waals surface area contributed by atoms with E-state index >= 15 is 0 Å². The lowest BCUT2D eigenvalue weighted by Gasteiger charge is -2.24. The molecule has 0 bridgehead atoms. The molecule has 2 saturated carbocycles. The largest absolute Gasteiger partial charge is 0.481 e. The van der Waals surface area contributed by atoms with Gasteiger partial charge < -0.3 is 21.3 Å². The number of hydrogen-bond donors (Lipinski definition) is 4. The number of benzene rings is 1. The van der Waals surface area contributed by atoms with Gasteiger partial charge in [0, 0.05) is 18.0 Å². The Labute approximate surface area is 138 Å². The summed E-state index contributed by atoms with van der Waals surface area (Å²) >= 11 is 0. The number of nitrogens with one attached hydrogen (secondary N) is 1. The first kappa shape index (κ1) is 16.4. The Morgan fingerprint density at radius 3 is 2.62 bits per heavy atom. The number of aryl methyl sites for hydroxylation is 1. The minimum absolute atomic E-state index is 0.0745. The Hall–Kier alpha value is -2.41. The normalized spacial score (nSPS) is 33.6. The maximum Gasteiger partial charge on any atom is 0.324 e. The molecule has 128 valence electrons. The van der Waals surface area contributed by atoms with E-state index in [1.165, 1.54) is 0 Å². The van der Waals surface area contributed by atoms with E-state index in [0.717, 1.165) is 5.56 Å². The number of aliphatic carboxylic acids is 2. The zero-order chi connectivity index (χ0) is 17.6. The second kappa shape index (κ2) is 5.59. The van der Waals surface area contributed by atoms with Gasteiger partial charge in [-0.2, -0.15) is 0 Å². The van der Waals surface area contributed by atoms with E-state index in [-0.39, 0.29) is 30.6 Å². The molecular formula is C17H20N2O5. The van der Waals surface area contributed by atoms with Gasteiger partial charge in [-0.15, -0.1) is 0 Å². The maximum absolute atomic E-state index is 12.3. The van der Waals surface area contributed by atoms with Crippen molar-refractivity contribution < 1.29 is 24.6 Å². The van der Waals surface area contributed by atoms with Gasteiger partial charge in [0.25, 0.3) is 0 Å². The summed E-state index contributed by atoms with van der Waals surface area (Å²) in [6, 6.07) is 7.34. The molecule has 3 rings (SSSR count). The highest BCUT2D eigenvalue weighted by Gasteiger charge is 2.73. The van der Waals surface area contributed by atoms with Gasteiger partial charge in [-0.3, -0.25) is 14.4 Å². The maximum atomic E-state index is 12.3. The van der Waals surface area contributed by atoms with E-state index in [0.29, 0.717) is 5.69 Å². The van der Waals surface area contributed by atoms with Crippen LogP contribution in [0.25, 0.3) is 0 Å². The standard InChI is InChI=1S/C17H20N2O5/c1-8-3-2-4-10(5-8)19-11(20)6-9-7-17(18,16(23)24)14-12(9)13(14)15(21)22/h2-5,9,12-14H,6-7,18H2,1H3,(H,19,20)(H,21,22)(H,23,24)/t9-,12?,13-,14?,17-/m0/s1. The highest BCUT2D eigenvalue weighted by molar-refractivity contribution is 5.92. The fourth-order valence-corrected chi connectivity index (χ4v) is 4.22. The van der Waals surface area contributed by atoms with Crippen LogP contribution in [0.3, 0.4) is 0 Å². The van der Waals surface area contributed by atoms with Crippen LogP contribution in [0.5, 0.6) is 0 Å². The third-order valence-corrected chi connectivity index (χ3v) is 5.25. The Morgan fingerprint density at radius 1 is 1.33 bits per heavy atom. The Morgan fingerprint density at radius 2 is 2.04 bits per heavy atom. The van der Waals surface area contributed by atoms with Crippen molar-refractivity contribution in [2.75, 3.05) is 5.32 Å². The molecule has 2 fully saturated rings. The molecular weight excluding hydrogens is 312 g/mol. The highest BCUT2D eigenvalue weighted by Crippen LogP contribution is 2.65. The molecule has 2 unspecified atom stereocenters. The molecule has 7 heteroatoms. The molecule has 0 spiro atoms. The summed E-state index contributed by atoms with van der Waals surface area (Å²) in [6.45, 7) is 1.91. The van der Waals surface area contributed by atoms with Gasteiger partial charge in [0.2, 0.25) is 5.91 Å². The zero-order valence-electron chi connectivity index (χ0n) is 13.2. The molecule has 1 aromatic carbocycles. The monoisotopic (exact) mass is 332 g/mol. The third kappa shape index (κ3) is 2.65. The van der Waals surface area contributed by atoms with E-state index < -0.39 is 29.3 Å². The molecule has 0 saturated heterocycles. The SMILES string of the molecule is Cc1cccc(NC(=O)C[C@H]2C[C@@](N)(C(=O)O)C3C2[C@@H]3C(=O)O)c1. The summed E-state index contributed by atoms with van der Waals surface area (Å²) in [5.74, 6) is -4.52. The van der Waals surface area contributed by atoms with Crippen LogP contribution in [0.2, 0.25) is 0 Å². The number of carbonyl (C=O) groups excluding carboxylic acids is 1. The van der Waals surface area contributed by atoms with E-state index in [9.17, 15) is 24.6 Å². The zero-order valence-corrected chi connectivity index (χ0v) is 13.2. The summed E-state index contributed by atoms with van der Waals surface area (Å²) in [7, 11) is 0. The molecule has 0 aromatic heterocycles. The molecule has 1 amide bonds. The van der Waals surface area contributed by atoms with Crippen molar-refractivity contribution in [3.05, 3.63) is 29.8 Å². The van der Waals surface area contributed by atoms with Crippen LogP contribution >= 0.6 is 0 Å². The van der Waals surface area contributed by atoms with Gasteiger partial charge in [0.15, 0.2) is 0 Å². The molecule has 0 aliphatic heterocycles. The molecule has 5 atom stereocenters. The van der Waals surface area contributed by atoms with Crippen molar-refractivity contribution in [1.29, 1.82) is 0 Å². The number of anilines is 1. The van der Waals surface area contributed by atoms with E-state index in [2.05, 4.69) is 5.32 Å². The number of carboxylic acids is 2. The Kier molecular flexibility index (Phi) is 3.83. The average molecular weight is 332 g/mol. The van der Waals surface area contributed by atoms with Gasteiger partial charge >= 0.3 is 11.9 Å². The van der Waals surface area contributed by atoms with Crippen LogP contribution in [0.4, 0.5) is 5.69 Å². The van der Waals surface area contributed by atoms with Gasteiger partial charge in [-0.1, -0.05) is 12.1 Å². The van der Waals surface area contributed by atoms with Crippen LogP contribution < -0.4 is 11.1 Å². The quantitative estimate of drug-likeness (QED) is 0.638. The lowest BCUT2D eigenvalue weighted by atomic mass is 9.86. The molecule has 1 aromatic rings. The second-order valence-corrected chi connectivity index (χ2v) is 6.90. The molecule has 5 N–H and O–H groups in total. The summed E-state index contributed by atoms with van der Waals surface area (Å²) in [6.07, 6.45) is 0.202. The molecule has 2 aliphatic rings. The molecule has 24 heavy (non-hydrogen) atoms. The van der Waals surface area contributed by atoms with Crippen molar-refractivity contribution in [3.8, 4) is 0 Å². The molecule has 0 radical (unpaired) electrons. The minimum Gasteiger partial charge on any atom is -0.481 e. The van der Waals surface area contributed by atoms with Gasteiger partial charge in [-0.25, -0.2) is 0 Å². The van der Waals surface area contributed by atoms with Gasteiger partial charge in [0.1, 0.15) is 5.54 Å². The van der Waals surface area contributed by atoms with Gasteiger partial charge in [-0.05, 0) is 42.9 Å². The van der Waals surface area contributed by atoms with E-state index in [1.807, 2.05) is 25.1 Å². The molecule has 7 nitrogen and oxygen atoms in total. The Balaban J connectivity index is 1.70. The van der Waals surface area contributed by atoms with Crippen molar-refractivity contribution in [1.82, 2.24) is 0 Å². The number of fused-ring (bicyclic) bond motifs is 1. The van der Waals surface area contributed by atoms with E-state index in [1.54, 1.807) is 6.07 Å². The van der Waals surface area contributed by atoms with Crippen molar-refractivity contribution in [2.24, 2.45) is 29.4 Å². The first-order valence-corrected chi connectivity index (χ1v) is 7.85. The van der Waals surface area contributed by atoms with Crippen LogP contribution in [0.1, 0.15) is 18.4 Å². The predicted octanol–water partition coefficient (Wildman–Crippen LogP) is 1.07. The third-order valence-electron chi connectivity index (χ3n) is 5.25. The number of hydrogen-bond acceptors (Lipinski definition) is 4. The Bertz CT molecular complexity index is 719. The summed E-state index contributed by atoms with van der Waals surface area (Å²) < 4.78 is 0. The predicted molar refractivity (Wildman–Crippen MR) is 85.2 cm³/mol. The van der Waals surface area contributed by atoms with Crippen molar-refractivity contribution in [2.45, 2.75) is 25.3 Å². The fourth-order valence-electron chi connectivity index (χ4n) is 4.22. The van der Waals surface area contributed by atoms with Crippen LogP contribution in [0.15, 0.2) is 24.3 Å². The lowest BCUT2D eigenvalue weighted by Crippen LogP contribution is -2.50. The number of carbonyl (C=O) groups is 3. The summed E-state index contributed by atoms with van der Waals surface area (Å²) in [4.78, 5) is 35.0. The van der Waals surface area contributed by atoms with Crippen LogP contribution in [-0.2, 0) is 14.4 Å². The van der Waals surface area contributed by atoms with Crippen LogP contribution in [-0.4, -0.2) is 33.6 Å². The smallest absolute Gasteiger partial charge is 0.324 e. The fraction of sp³-hybridized carbons (Fsp3) is 0.471. The first-order valence-electron chi connectivity index (χ1n) is 7.85. The molecule has 2 aliphatic carbocycles. The minimum atomic E-state index is -1.55. The van der Waals surface area contributed by atoms with Gasteiger partial charge in [0.05, 0.1) is 5.92 Å². The molecule has 0 heterocycles. The lowest BCUT2D eigenvalue weighted by molar-refractivity contribution is -0.146. The summed E-state index contributed by atoms with van der Waals surface area (Å²) in [5, 5.41) is 21.4.